The minimum absolute atomic E-state index is 0.0938. The molecule has 0 aromatic heterocycles. The zero-order chi connectivity index (χ0) is 16.3. The van der Waals surface area contributed by atoms with E-state index in [9.17, 15) is 22.8 Å². The Morgan fingerprint density at radius 1 is 1.32 bits per heavy atom. The molecule has 9 heteroatoms. The molecule has 8 nitrogen and oxygen atoms in total. The first kappa shape index (κ1) is 14.7. The number of methoxy groups -OCH3 is 1. The number of imide groups is 1. The van der Waals surface area contributed by atoms with Gasteiger partial charge in [0.05, 0.1) is 12.0 Å². The van der Waals surface area contributed by atoms with Gasteiger partial charge in [0.2, 0.25) is 15.9 Å². The molecular formula is C13H12N2O6S. The summed E-state index contributed by atoms with van der Waals surface area (Å²) >= 11 is 0. The van der Waals surface area contributed by atoms with Gasteiger partial charge in [-0.15, -0.1) is 0 Å². The molecule has 0 saturated carbocycles. The minimum Gasteiger partial charge on any atom is -0.468 e. The van der Waals surface area contributed by atoms with Crippen molar-refractivity contribution < 1.29 is 27.5 Å². The van der Waals surface area contributed by atoms with Crippen LogP contribution in [-0.4, -0.2) is 44.7 Å². The topological polar surface area (TPSA) is 110 Å². The summed E-state index contributed by atoms with van der Waals surface area (Å²) in [5, 5.41) is 2.04. The maximum absolute atomic E-state index is 12.5. The number of hydrogen-bond donors (Lipinski definition) is 1. The number of ether oxygens (including phenoxy) is 1. The Hall–Kier alpha value is -2.26. The van der Waals surface area contributed by atoms with E-state index in [0.29, 0.717) is 0 Å². The highest BCUT2D eigenvalue weighted by Crippen LogP contribution is 2.50. The number of carbonyl (C=O) groups excluding carboxylic acids is 3. The monoisotopic (exact) mass is 324 g/mol. The number of benzene rings is 1. The average Bonchev–Trinajstić information content (AvgIpc) is 2.85. The van der Waals surface area contributed by atoms with Gasteiger partial charge < -0.3 is 4.74 Å². The van der Waals surface area contributed by atoms with Crippen molar-refractivity contribution >= 4 is 27.8 Å². The predicted octanol–water partition coefficient (Wildman–Crippen LogP) is -1.04. The standard InChI is InChI=1S/C13H12N2O6S/c1-15-13(7-5-3-4-6-8(7)22(15,19)20)9(11(17)21-2)10(16)14-12(13)18/h3-6,9H,1-2H3,(H,14,16,18). The largest absolute Gasteiger partial charge is 0.468 e. The Balaban J connectivity index is 2.39. The van der Waals surface area contributed by atoms with Crippen molar-refractivity contribution in [3.05, 3.63) is 29.8 Å². The number of amides is 2. The lowest BCUT2D eigenvalue weighted by Crippen LogP contribution is -2.53. The summed E-state index contributed by atoms with van der Waals surface area (Å²) in [6.07, 6.45) is 0. The van der Waals surface area contributed by atoms with Crippen LogP contribution in [0.25, 0.3) is 0 Å². The van der Waals surface area contributed by atoms with Gasteiger partial charge in [0, 0.05) is 12.6 Å². The van der Waals surface area contributed by atoms with Gasteiger partial charge in [0.15, 0.2) is 11.5 Å². The first-order valence-corrected chi connectivity index (χ1v) is 7.75. The van der Waals surface area contributed by atoms with Crippen molar-refractivity contribution in [1.29, 1.82) is 0 Å². The van der Waals surface area contributed by atoms with Gasteiger partial charge in [-0.1, -0.05) is 18.2 Å². The van der Waals surface area contributed by atoms with Crippen LogP contribution in [0.5, 0.6) is 0 Å². The molecule has 1 saturated heterocycles. The molecule has 2 atom stereocenters. The van der Waals surface area contributed by atoms with Gasteiger partial charge in [-0.2, -0.15) is 4.31 Å². The number of hydrogen-bond acceptors (Lipinski definition) is 6. The van der Waals surface area contributed by atoms with Crippen molar-refractivity contribution in [2.75, 3.05) is 14.2 Å². The summed E-state index contributed by atoms with van der Waals surface area (Å²) in [4.78, 5) is 36.5. The Kier molecular flexibility index (Phi) is 2.91. The fourth-order valence-corrected chi connectivity index (χ4v) is 4.82. The van der Waals surface area contributed by atoms with Crippen LogP contribution in [0.1, 0.15) is 5.56 Å². The van der Waals surface area contributed by atoms with Crippen LogP contribution in [-0.2, 0) is 34.7 Å². The number of nitrogens with zero attached hydrogens (tertiary/aromatic N) is 1. The lowest BCUT2D eigenvalue weighted by molar-refractivity contribution is -0.154. The lowest BCUT2D eigenvalue weighted by Gasteiger charge is -2.31. The third-order valence-corrected chi connectivity index (χ3v) is 6.05. The van der Waals surface area contributed by atoms with Crippen LogP contribution in [0.2, 0.25) is 0 Å². The molecule has 1 spiro atoms. The number of rotatable bonds is 1. The minimum atomic E-state index is -3.99. The highest BCUT2D eigenvalue weighted by Gasteiger charge is 2.69. The molecule has 3 rings (SSSR count). The van der Waals surface area contributed by atoms with Gasteiger partial charge in [-0.3, -0.25) is 19.7 Å². The van der Waals surface area contributed by atoms with Crippen molar-refractivity contribution in [3.63, 3.8) is 0 Å². The Labute approximate surface area is 126 Å². The molecule has 0 radical (unpaired) electrons. The van der Waals surface area contributed by atoms with Crippen LogP contribution in [0.4, 0.5) is 0 Å². The second kappa shape index (κ2) is 4.37. The first-order chi connectivity index (χ1) is 10.3. The first-order valence-electron chi connectivity index (χ1n) is 6.31. The van der Waals surface area contributed by atoms with E-state index in [4.69, 9.17) is 0 Å². The van der Waals surface area contributed by atoms with Gasteiger partial charge in [0.25, 0.3) is 5.91 Å². The molecule has 0 bridgehead atoms. The molecule has 2 amide bonds. The molecule has 2 heterocycles. The molecule has 1 aromatic rings. The second-order valence-electron chi connectivity index (χ2n) is 5.01. The molecular weight excluding hydrogens is 312 g/mol. The molecule has 1 fully saturated rings. The van der Waals surface area contributed by atoms with Crippen LogP contribution in [0.3, 0.4) is 0 Å². The van der Waals surface area contributed by atoms with E-state index in [1.807, 2.05) is 5.32 Å². The third-order valence-electron chi connectivity index (χ3n) is 4.13. The lowest BCUT2D eigenvalue weighted by atomic mass is 9.79. The average molecular weight is 324 g/mol. The van der Waals surface area contributed by atoms with Crippen molar-refractivity contribution in [2.24, 2.45) is 5.92 Å². The molecule has 22 heavy (non-hydrogen) atoms. The van der Waals surface area contributed by atoms with E-state index in [2.05, 4.69) is 4.74 Å². The van der Waals surface area contributed by atoms with E-state index < -0.39 is 39.3 Å². The molecule has 116 valence electrons. The summed E-state index contributed by atoms with van der Waals surface area (Å²) in [7, 11) is -1.75. The van der Waals surface area contributed by atoms with Crippen LogP contribution < -0.4 is 5.32 Å². The summed E-state index contributed by atoms with van der Waals surface area (Å²) in [6, 6.07) is 5.80. The van der Waals surface area contributed by atoms with Crippen molar-refractivity contribution in [3.8, 4) is 0 Å². The maximum Gasteiger partial charge on any atom is 0.321 e. The third kappa shape index (κ3) is 1.44. The number of sulfonamides is 1. The highest BCUT2D eigenvalue weighted by atomic mass is 32.2. The van der Waals surface area contributed by atoms with Gasteiger partial charge in [0.1, 0.15) is 0 Å². The Morgan fingerprint density at radius 2 is 1.95 bits per heavy atom. The quantitative estimate of drug-likeness (QED) is 0.401. The fourth-order valence-electron chi connectivity index (χ4n) is 3.11. The SMILES string of the molecule is COC(=O)C1C(=O)NC(=O)C12c1ccccc1S(=O)(=O)N2C. The number of nitrogens with one attached hydrogen (secondary N) is 1. The molecule has 1 aromatic carbocycles. The predicted molar refractivity (Wildman–Crippen MR) is 71.7 cm³/mol. The van der Waals surface area contributed by atoms with Crippen LogP contribution >= 0.6 is 0 Å². The Bertz CT molecular complexity index is 818. The summed E-state index contributed by atoms with van der Waals surface area (Å²) in [5.74, 6) is -4.30. The maximum atomic E-state index is 12.5. The van der Waals surface area contributed by atoms with E-state index in [1.54, 1.807) is 6.07 Å². The molecule has 2 aliphatic rings. The number of esters is 1. The molecule has 1 N–H and O–H groups in total. The molecule has 2 aliphatic heterocycles. The number of likely N-dealkylation sites (N-methyl/N-ethyl adjacent to an activating group) is 1. The van der Waals surface area contributed by atoms with E-state index in [-0.39, 0.29) is 10.5 Å². The van der Waals surface area contributed by atoms with Crippen LogP contribution in [0, 0.1) is 5.92 Å². The zero-order valence-electron chi connectivity index (χ0n) is 11.7. The fraction of sp³-hybridized carbons (Fsp3) is 0.308. The van der Waals surface area contributed by atoms with Crippen LogP contribution in [0.15, 0.2) is 29.2 Å². The summed E-state index contributed by atoms with van der Waals surface area (Å²) in [6.45, 7) is 0. The van der Waals surface area contributed by atoms with Crippen molar-refractivity contribution in [1.82, 2.24) is 9.62 Å². The molecule has 2 unspecified atom stereocenters. The number of fused-ring (bicyclic) bond motifs is 2. The smallest absolute Gasteiger partial charge is 0.321 e. The van der Waals surface area contributed by atoms with Gasteiger partial charge >= 0.3 is 5.97 Å². The van der Waals surface area contributed by atoms with Gasteiger partial charge in [-0.05, 0) is 6.07 Å². The van der Waals surface area contributed by atoms with E-state index >= 15 is 0 Å². The highest BCUT2D eigenvalue weighted by molar-refractivity contribution is 7.89. The summed E-state index contributed by atoms with van der Waals surface area (Å²) < 4.78 is 30.4. The Morgan fingerprint density at radius 3 is 2.59 bits per heavy atom. The number of carbonyl (C=O) groups is 3. The van der Waals surface area contributed by atoms with E-state index in [0.717, 1.165) is 11.4 Å². The van der Waals surface area contributed by atoms with Gasteiger partial charge in [-0.25, -0.2) is 8.42 Å². The van der Waals surface area contributed by atoms with Crippen molar-refractivity contribution in [2.45, 2.75) is 10.4 Å². The van der Waals surface area contributed by atoms with E-state index in [1.165, 1.54) is 25.2 Å². The second-order valence-corrected chi connectivity index (χ2v) is 6.95. The summed E-state index contributed by atoms with van der Waals surface area (Å²) in [5.41, 5.74) is -1.85. The zero-order valence-corrected chi connectivity index (χ0v) is 12.5. The normalized spacial score (nSPS) is 29.5. The molecule has 0 aliphatic carbocycles.